The summed E-state index contributed by atoms with van der Waals surface area (Å²) in [6.07, 6.45) is 4.32. The second kappa shape index (κ2) is 4.54. The van der Waals surface area contributed by atoms with Gasteiger partial charge in [-0.3, -0.25) is 0 Å². The van der Waals surface area contributed by atoms with Gasteiger partial charge in [-0.2, -0.15) is 0 Å². The fourth-order valence-corrected chi connectivity index (χ4v) is 3.80. The van der Waals surface area contributed by atoms with Crippen molar-refractivity contribution in [3.63, 3.8) is 0 Å². The van der Waals surface area contributed by atoms with Crippen LogP contribution >= 0.6 is 0 Å². The van der Waals surface area contributed by atoms with Crippen LogP contribution in [0, 0.1) is 0 Å². The number of hydrogen-bond donors (Lipinski definition) is 2. The average Bonchev–Trinajstić information content (AvgIpc) is 3.16. The number of aromatic nitrogens is 1. The van der Waals surface area contributed by atoms with Gasteiger partial charge in [0.2, 0.25) is 10.0 Å². The summed E-state index contributed by atoms with van der Waals surface area (Å²) in [4.78, 5) is 4.53. The summed E-state index contributed by atoms with van der Waals surface area (Å²) in [5.74, 6) is 0.870. The van der Waals surface area contributed by atoms with Crippen molar-refractivity contribution in [2.24, 2.45) is 5.14 Å². The number of hydrogen-bond acceptors (Lipinski definition) is 4. The van der Waals surface area contributed by atoms with Gasteiger partial charge in [0.15, 0.2) is 0 Å². The van der Waals surface area contributed by atoms with E-state index in [1.54, 1.807) is 12.1 Å². The molecule has 0 radical (unpaired) electrons. The number of sulfonamides is 1. The van der Waals surface area contributed by atoms with Crippen LogP contribution in [-0.4, -0.2) is 19.9 Å². The van der Waals surface area contributed by atoms with Crippen LogP contribution in [0.15, 0.2) is 36.5 Å². The van der Waals surface area contributed by atoms with E-state index in [1.165, 1.54) is 18.4 Å². The topological polar surface area (TPSA) is 85.1 Å². The molecule has 1 spiro atoms. The van der Waals surface area contributed by atoms with Gasteiger partial charge in [0.25, 0.3) is 0 Å². The van der Waals surface area contributed by atoms with E-state index in [-0.39, 0.29) is 5.75 Å². The molecule has 1 aromatic carbocycles. The van der Waals surface area contributed by atoms with Gasteiger partial charge in [-0.15, -0.1) is 0 Å². The summed E-state index contributed by atoms with van der Waals surface area (Å²) in [5.41, 5.74) is 4.43. The lowest BCUT2D eigenvalue weighted by molar-refractivity contribution is 0.597. The van der Waals surface area contributed by atoms with Gasteiger partial charge in [-0.1, -0.05) is 24.3 Å². The molecule has 4 rings (SSSR count). The third kappa shape index (κ3) is 2.38. The summed E-state index contributed by atoms with van der Waals surface area (Å²) in [6.45, 7) is 0.992. The minimum Gasteiger partial charge on any atom is -0.369 e. The van der Waals surface area contributed by atoms with E-state index >= 15 is 0 Å². The summed E-state index contributed by atoms with van der Waals surface area (Å²) >= 11 is 0. The number of primary sulfonamides is 1. The molecular weight excluding hydrogens is 298 g/mol. The maximum Gasteiger partial charge on any atom is 0.213 e. The molecule has 3 N–H and O–H groups in total. The van der Waals surface area contributed by atoms with Gasteiger partial charge in [0, 0.05) is 29.3 Å². The van der Waals surface area contributed by atoms with Crippen molar-refractivity contribution in [3.8, 4) is 11.1 Å². The van der Waals surface area contributed by atoms with Gasteiger partial charge in [-0.05, 0) is 30.0 Å². The van der Waals surface area contributed by atoms with Crippen LogP contribution in [0.25, 0.3) is 11.1 Å². The van der Waals surface area contributed by atoms with Gasteiger partial charge >= 0.3 is 0 Å². The van der Waals surface area contributed by atoms with E-state index in [4.69, 9.17) is 5.14 Å². The Hall–Kier alpha value is -1.92. The minimum absolute atomic E-state index is 0.136. The number of fused-ring (bicyclic) bond motifs is 2. The molecule has 5 nitrogen and oxygen atoms in total. The molecule has 1 saturated carbocycles. The summed E-state index contributed by atoms with van der Waals surface area (Å²) in [6, 6.07) is 9.66. The van der Waals surface area contributed by atoms with Crippen LogP contribution in [0.4, 0.5) is 5.82 Å². The molecule has 2 heterocycles. The Labute approximate surface area is 129 Å². The molecule has 0 bridgehead atoms. The highest BCUT2D eigenvalue weighted by molar-refractivity contribution is 7.88. The molecule has 2 aromatic rings. The Morgan fingerprint density at radius 2 is 1.91 bits per heavy atom. The van der Waals surface area contributed by atoms with Gasteiger partial charge in [0.05, 0.1) is 5.75 Å². The van der Waals surface area contributed by atoms with E-state index in [0.29, 0.717) is 11.0 Å². The van der Waals surface area contributed by atoms with Crippen molar-refractivity contribution in [3.05, 3.63) is 47.7 Å². The third-order valence-corrected chi connectivity index (χ3v) is 5.30. The predicted molar refractivity (Wildman–Crippen MR) is 85.9 cm³/mol. The first kappa shape index (κ1) is 13.7. The highest BCUT2D eigenvalue weighted by Crippen LogP contribution is 2.54. The van der Waals surface area contributed by atoms with Crippen molar-refractivity contribution < 1.29 is 8.42 Å². The molecule has 1 aliphatic heterocycles. The average molecular weight is 315 g/mol. The molecule has 0 unspecified atom stereocenters. The van der Waals surface area contributed by atoms with E-state index < -0.39 is 10.0 Å². The summed E-state index contributed by atoms with van der Waals surface area (Å²) in [5, 5.41) is 8.44. The lowest BCUT2D eigenvalue weighted by atomic mass is 9.96. The summed E-state index contributed by atoms with van der Waals surface area (Å²) in [7, 11) is -3.49. The largest absolute Gasteiger partial charge is 0.369 e. The summed E-state index contributed by atoms with van der Waals surface area (Å²) < 4.78 is 22.2. The van der Waals surface area contributed by atoms with Crippen LogP contribution in [0.2, 0.25) is 0 Å². The number of anilines is 1. The molecular formula is C16H17N3O2S. The maximum absolute atomic E-state index is 11.1. The first-order chi connectivity index (χ1) is 10.5. The minimum atomic E-state index is -3.49. The second-order valence-corrected chi connectivity index (χ2v) is 7.87. The molecule has 0 amide bonds. The highest BCUT2D eigenvalue weighted by atomic mass is 32.2. The normalized spacial score (nSPS) is 18.0. The molecule has 0 saturated heterocycles. The number of rotatable bonds is 3. The Morgan fingerprint density at radius 1 is 1.18 bits per heavy atom. The van der Waals surface area contributed by atoms with E-state index in [0.717, 1.165) is 23.5 Å². The Morgan fingerprint density at radius 3 is 2.55 bits per heavy atom. The molecule has 2 aliphatic rings. The standard InChI is InChI=1S/C16H17N3O2S/c17-22(20,21)9-11-1-3-12(4-2-11)13-7-14-15(18-8-13)19-10-16(14)5-6-16/h1-4,7-8H,5-6,9-10H2,(H,18,19)(H2,17,20,21). The lowest BCUT2D eigenvalue weighted by Gasteiger charge is -2.09. The zero-order valence-corrected chi connectivity index (χ0v) is 12.9. The number of nitrogens with two attached hydrogens (primary N) is 1. The van der Waals surface area contributed by atoms with E-state index in [9.17, 15) is 8.42 Å². The first-order valence-corrected chi connectivity index (χ1v) is 9.01. The third-order valence-electron chi connectivity index (χ3n) is 4.56. The van der Waals surface area contributed by atoms with Crippen molar-refractivity contribution in [2.45, 2.75) is 24.0 Å². The van der Waals surface area contributed by atoms with Crippen molar-refractivity contribution in [1.82, 2.24) is 4.98 Å². The molecule has 1 fully saturated rings. The first-order valence-electron chi connectivity index (χ1n) is 7.29. The van der Waals surface area contributed by atoms with Crippen LogP contribution in [-0.2, 0) is 21.2 Å². The number of nitrogens with zero attached hydrogens (tertiary/aromatic N) is 1. The fourth-order valence-electron chi connectivity index (χ4n) is 3.14. The zero-order chi connectivity index (χ0) is 15.4. The molecule has 22 heavy (non-hydrogen) atoms. The molecule has 1 aliphatic carbocycles. The van der Waals surface area contributed by atoms with Crippen molar-refractivity contribution in [2.75, 3.05) is 11.9 Å². The Balaban J connectivity index is 1.65. The Kier molecular flexibility index (Phi) is 2.83. The van der Waals surface area contributed by atoms with Crippen LogP contribution in [0.1, 0.15) is 24.0 Å². The zero-order valence-electron chi connectivity index (χ0n) is 12.0. The quantitative estimate of drug-likeness (QED) is 0.907. The number of nitrogens with one attached hydrogen (secondary N) is 1. The number of benzene rings is 1. The second-order valence-electron chi connectivity index (χ2n) is 6.26. The highest BCUT2D eigenvalue weighted by Gasteiger charge is 2.49. The van der Waals surface area contributed by atoms with Crippen LogP contribution in [0.3, 0.4) is 0 Å². The predicted octanol–water partition coefficient (Wildman–Crippen LogP) is 1.99. The van der Waals surface area contributed by atoms with Crippen molar-refractivity contribution >= 4 is 15.8 Å². The van der Waals surface area contributed by atoms with Crippen LogP contribution in [0.5, 0.6) is 0 Å². The van der Waals surface area contributed by atoms with Crippen molar-refractivity contribution in [1.29, 1.82) is 0 Å². The SMILES string of the molecule is NS(=O)(=O)Cc1ccc(-c2cnc3c(c2)C2(CC2)CN3)cc1. The fraction of sp³-hybridized carbons (Fsp3) is 0.312. The van der Waals surface area contributed by atoms with Crippen LogP contribution < -0.4 is 10.5 Å². The van der Waals surface area contributed by atoms with Gasteiger partial charge in [-0.25, -0.2) is 18.5 Å². The Bertz CT molecular complexity index is 840. The monoisotopic (exact) mass is 315 g/mol. The van der Waals surface area contributed by atoms with E-state index in [2.05, 4.69) is 16.4 Å². The van der Waals surface area contributed by atoms with E-state index in [1.807, 2.05) is 18.3 Å². The maximum atomic E-state index is 11.1. The molecule has 1 aromatic heterocycles. The molecule has 6 heteroatoms. The smallest absolute Gasteiger partial charge is 0.213 e. The molecule has 0 atom stereocenters. The number of pyridine rings is 1. The lowest BCUT2D eigenvalue weighted by Crippen LogP contribution is -2.14. The molecule has 114 valence electrons. The van der Waals surface area contributed by atoms with Gasteiger partial charge < -0.3 is 5.32 Å². The van der Waals surface area contributed by atoms with Gasteiger partial charge in [0.1, 0.15) is 5.82 Å².